The van der Waals surface area contributed by atoms with E-state index in [0.29, 0.717) is 36.6 Å². The maximum Gasteiger partial charge on any atom is 0.271 e. The average Bonchev–Trinajstić information content (AvgIpc) is 3.53. The summed E-state index contributed by atoms with van der Waals surface area (Å²) in [6.07, 6.45) is 5.86. The van der Waals surface area contributed by atoms with E-state index in [-0.39, 0.29) is 11.7 Å². The van der Waals surface area contributed by atoms with Crippen molar-refractivity contribution in [2.75, 3.05) is 75.1 Å². The van der Waals surface area contributed by atoms with Crippen molar-refractivity contribution >= 4 is 40.3 Å². The van der Waals surface area contributed by atoms with Gasteiger partial charge in [0.15, 0.2) is 17.3 Å². The third-order valence-corrected chi connectivity index (χ3v) is 9.46. The first-order valence-corrected chi connectivity index (χ1v) is 15.8. The molecular weight excluding hydrogens is 550 g/mol. The molecule has 42 heavy (non-hydrogen) atoms. The van der Waals surface area contributed by atoms with E-state index in [0.717, 1.165) is 49.6 Å². The topological polar surface area (TPSA) is 125 Å². The SMILES string of the molecule is Cc1cc(Nc2nc(NC3CCOCC3)c(-c3cncs3)nc2C(N)=O)ccc1N1CCC(N2CCN(C)CC2)CC1. The van der Waals surface area contributed by atoms with Crippen molar-refractivity contribution in [2.24, 2.45) is 5.73 Å². The van der Waals surface area contributed by atoms with Crippen molar-refractivity contribution in [1.29, 1.82) is 0 Å². The molecule has 0 saturated carbocycles. The van der Waals surface area contributed by atoms with E-state index in [9.17, 15) is 4.79 Å². The Balaban J connectivity index is 1.20. The van der Waals surface area contributed by atoms with Crippen LogP contribution in [0, 0.1) is 6.92 Å². The van der Waals surface area contributed by atoms with E-state index in [2.05, 4.69) is 56.4 Å². The molecule has 0 radical (unpaired) electrons. The molecule has 3 aliphatic heterocycles. The normalized spacial score (nSPS) is 19.6. The summed E-state index contributed by atoms with van der Waals surface area (Å²) in [5.74, 6) is 0.311. The number of likely N-dealkylation sites (N-methyl/N-ethyl adjacent to an activating group) is 1. The summed E-state index contributed by atoms with van der Waals surface area (Å²) >= 11 is 1.45. The van der Waals surface area contributed by atoms with Crippen LogP contribution in [0.5, 0.6) is 0 Å². The van der Waals surface area contributed by atoms with Gasteiger partial charge in [-0.05, 0) is 63.4 Å². The second-order valence-corrected chi connectivity index (χ2v) is 12.4. The van der Waals surface area contributed by atoms with Crippen LogP contribution in [0.3, 0.4) is 0 Å². The van der Waals surface area contributed by atoms with Gasteiger partial charge in [0.2, 0.25) is 0 Å². The smallest absolute Gasteiger partial charge is 0.271 e. The van der Waals surface area contributed by atoms with Crippen LogP contribution in [0.1, 0.15) is 41.7 Å². The standard InChI is InChI=1S/C30H41N9O2S/c1-20-17-22(3-4-24(20)39-9-5-23(6-10-39)38-13-11-37(2)12-14-38)34-30-27(28(31)40)35-26(25-18-32-19-42-25)29(36-30)33-21-7-15-41-16-8-21/h3-4,17-19,21,23H,5-16H2,1-2H3,(H2,31,40)(H2,33,34,36). The quantitative estimate of drug-likeness (QED) is 0.358. The molecule has 0 aliphatic carbocycles. The van der Waals surface area contributed by atoms with Crippen molar-refractivity contribution in [3.63, 3.8) is 0 Å². The summed E-state index contributed by atoms with van der Waals surface area (Å²) in [6.45, 7) is 10.3. The molecule has 3 fully saturated rings. The molecule has 3 aliphatic rings. The van der Waals surface area contributed by atoms with Gasteiger partial charge in [-0.3, -0.25) is 14.7 Å². The Bertz CT molecular complexity index is 1360. The number of aryl methyl sites for hydroxylation is 1. The number of hydrogen-bond acceptors (Lipinski definition) is 11. The van der Waals surface area contributed by atoms with Crippen molar-refractivity contribution in [3.05, 3.63) is 41.2 Å². The average molecular weight is 592 g/mol. The summed E-state index contributed by atoms with van der Waals surface area (Å²) < 4.78 is 5.53. The zero-order chi connectivity index (χ0) is 29.1. The highest BCUT2D eigenvalue weighted by molar-refractivity contribution is 7.13. The van der Waals surface area contributed by atoms with Gasteiger partial charge >= 0.3 is 0 Å². The van der Waals surface area contributed by atoms with Crippen LogP contribution >= 0.6 is 11.3 Å². The summed E-state index contributed by atoms with van der Waals surface area (Å²) in [5.41, 5.74) is 11.5. The van der Waals surface area contributed by atoms with E-state index in [4.69, 9.17) is 20.4 Å². The minimum absolute atomic E-state index is 0.101. The first kappa shape index (κ1) is 28.8. The van der Waals surface area contributed by atoms with Gasteiger partial charge in [-0.25, -0.2) is 9.97 Å². The summed E-state index contributed by atoms with van der Waals surface area (Å²) in [5, 5.41) is 6.89. The highest BCUT2D eigenvalue weighted by Gasteiger charge is 2.28. The Morgan fingerprint density at radius 1 is 1.02 bits per heavy atom. The number of carbonyl (C=O) groups excluding carboxylic acids is 1. The predicted octanol–water partition coefficient (Wildman–Crippen LogP) is 3.56. The number of ether oxygens (including phenoxy) is 1. The summed E-state index contributed by atoms with van der Waals surface area (Å²) in [4.78, 5) is 34.7. The second-order valence-electron chi connectivity index (χ2n) is 11.6. The number of nitrogens with two attached hydrogens (primary N) is 1. The lowest BCUT2D eigenvalue weighted by Gasteiger charge is -2.43. The van der Waals surface area contributed by atoms with Crippen LogP contribution in [0.4, 0.5) is 23.0 Å². The number of benzene rings is 1. The number of piperidine rings is 1. The van der Waals surface area contributed by atoms with Crippen LogP contribution in [0.25, 0.3) is 10.6 Å². The van der Waals surface area contributed by atoms with Crippen LogP contribution < -0.4 is 21.3 Å². The first-order valence-electron chi connectivity index (χ1n) is 14.9. The number of anilines is 4. The molecule has 224 valence electrons. The number of piperazine rings is 1. The number of amides is 1. The Hall–Kier alpha value is -3.32. The maximum atomic E-state index is 12.5. The van der Waals surface area contributed by atoms with Crippen molar-refractivity contribution in [1.82, 2.24) is 24.8 Å². The lowest BCUT2D eigenvalue weighted by Crippen LogP contribution is -2.52. The minimum Gasteiger partial charge on any atom is -0.381 e. The largest absolute Gasteiger partial charge is 0.381 e. The fourth-order valence-electron chi connectivity index (χ4n) is 6.22. The molecule has 0 atom stereocenters. The molecule has 5 heterocycles. The Labute approximate surface area is 251 Å². The maximum absolute atomic E-state index is 12.5. The van der Waals surface area contributed by atoms with Crippen LogP contribution in [0.2, 0.25) is 0 Å². The number of primary amides is 1. The van der Waals surface area contributed by atoms with Gasteiger partial charge in [0.25, 0.3) is 5.91 Å². The first-order chi connectivity index (χ1) is 20.4. The lowest BCUT2D eigenvalue weighted by atomic mass is 10.0. The van der Waals surface area contributed by atoms with Crippen molar-refractivity contribution in [2.45, 2.75) is 44.7 Å². The molecule has 6 rings (SSSR count). The molecular formula is C30H41N9O2S. The Morgan fingerprint density at radius 2 is 1.79 bits per heavy atom. The second kappa shape index (κ2) is 12.9. The number of nitrogens with one attached hydrogen (secondary N) is 2. The summed E-state index contributed by atoms with van der Waals surface area (Å²) in [6, 6.07) is 7.20. The van der Waals surface area contributed by atoms with E-state index < -0.39 is 5.91 Å². The van der Waals surface area contributed by atoms with E-state index >= 15 is 0 Å². The minimum atomic E-state index is -0.634. The number of aromatic nitrogens is 3. The molecule has 1 amide bonds. The highest BCUT2D eigenvalue weighted by Crippen LogP contribution is 2.34. The van der Waals surface area contributed by atoms with E-state index in [1.807, 2.05) is 6.07 Å². The predicted molar refractivity (Wildman–Crippen MR) is 168 cm³/mol. The van der Waals surface area contributed by atoms with Gasteiger partial charge in [0.1, 0.15) is 5.69 Å². The molecule has 3 aromatic rings. The van der Waals surface area contributed by atoms with Crippen LogP contribution in [-0.4, -0.2) is 102 Å². The number of carbonyl (C=O) groups is 1. The molecule has 11 nitrogen and oxygen atoms in total. The Kier molecular flexibility index (Phi) is 8.84. The van der Waals surface area contributed by atoms with E-state index in [1.165, 1.54) is 48.5 Å². The fraction of sp³-hybridized carbons (Fsp3) is 0.533. The third kappa shape index (κ3) is 6.51. The molecule has 2 aromatic heterocycles. The van der Waals surface area contributed by atoms with Gasteiger partial charge in [-0.1, -0.05) is 0 Å². The highest BCUT2D eigenvalue weighted by atomic mass is 32.1. The molecule has 0 unspecified atom stereocenters. The van der Waals surface area contributed by atoms with Gasteiger partial charge in [0, 0.05) is 82.1 Å². The van der Waals surface area contributed by atoms with Crippen LogP contribution in [-0.2, 0) is 4.74 Å². The molecule has 4 N–H and O–H groups in total. The third-order valence-electron chi connectivity index (χ3n) is 8.68. The molecule has 12 heteroatoms. The van der Waals surface area contributed by atoms with Gasteiger partial charge in [-0.15, -0.1) is 11.3 Å². The zero-order valence-electron chi connectivity index (χ0n) is 24.5. The molecule has 0 bridgehead atoms. The van der Waals surface area contributed by atoms with Crippen molar-refractivity contribution in [3.8, 4) is 10.6 Å². The van der Waals surface area contributed by atoms with Crippen molar-refractivity contribution < 1.29 is 9.53 Å². The van der Waals surface area contributed by atoms with Gasteiger partial charge in [0.05, 0.1) is 10.4 Å². The number of hydrogen-bond donors (Lipinski definition) is 3. The number of rotatable bonds is 8. The molecule has 3 saturated heterocycles. The van der Waals surface area contributed by atoms with E-state index in [1.54, 1.807) is 11.7 Å². The monoisotopic (exact) mass is 591 g/mol. The zero-order valence-corrected chi connectivity index (χ0v) is 25.3. The number of thiazole rings is 1. The Morgan fingerprint density at radius 3 is 2.45 bits per heavy atom. The number of nitrogens with zero attached hydrogens (tertiary/aromatic N) is 6. The lowest BCUT2D eigenvalue weighted by molar-refractivity contribution is 0.0904. The summed E-state index contributed by atoms with van der Waals surface area (Å²) in [7, 11) is 2.21. The molecule has 1 aromatic carbocycles. The van der Waals surface area contributed by atoms with Crippen LogP contribution in [0.15, 0.2) is 29.9 Å². The molecule has 0 spiro atoms. The van der Waals surface area contributed by atoms with Gasteiger partial charge < -0.3 is 30.9 Å². The fourth-order valence-corrected chi connectivity index (χ4v) is 6.83. The van der Waals surface area contributed by atoms with Gasteiger partial charge in [-0.2, -0.15) is 0 Å².